The first-order valence-electron chi connectivity index (χ1n) is 11.2. The molecule has 1 amide bonds. The number of anilines is 1. The number of aromatic nitrogens is 2. The zero-order valence-corrected chi connectivity index (χ0v) is 20.7. The lowest BCUT2D eigenvalue weighted by molar-refractivity contribution is -0.00642. The van der Waals surface area contributed by atoms with Crippen LogP contribution in [-0.2, 0) is 0 Å². The van der Waals surface area contributed by atoms with Gasteiger partial charge in [-0.25, -0.2) is 9.18 Å². The SMILES string of the molecule is CN1CCC[C@H]1COc1nc(N2CCC3(CC2)CN(C(=O)O)C3)c2cc(Cl)c(Br)c(F)c2n1. The number of hydrogen-bond acceptors (Lipinski definition) is 6. The van der Waals surface area contributed by atoms with Crippen LogP contribution in [0.5, 0.6) is 6.01 Å². The van der Waals surface area contributed by atoms with Crippen LogP contribution in [0.15, 0.2) is 10.5 Å². The number of ether oxygens (including phenoxy) is 1. The molecule has 11 heteroatoms. The monoisotopic (exact) mass is 541 g/mol. The molecule has 4 heterocycles. The summed E-state index contributed by atoms with van der Waals surface area (Å²) >= 11 is 9.48. The van der Waals surface area contributed by atoms with Crippen molar-refractivity contribution in [2.24, 2.45) is 5.41 Å². The molecule has 3 saturated heterocycles. The third-order valence-corrected chi connectivity index (χ3v) is 8.61. The Kier molecular flexibility index (Phi) is 6.03. The molecule has 178 valence electrons. The van der Waals surface area contributed by atoms with Crippen LogP contribution in [0.25, 0.3) is 10.9 Å². The highest BCUT2D eigenvalue weighted by molar-refractivity contribution is 9.10. The van der Waals surface area contributed by atoms with Crippen LogP contribution in [0.2, 0.25) is 5.02 Å². The molecule has 3 fully saturated rings. The maximum absolute atomic E-state index is 15.1. The first-order valence-corrected chi connectivity index (χ1v) is 12.3. The largest absolute Gasteiger partial charge is 0.465 e. The van der Waals surface area contributed by atoms with Gasteiger partial charge in [0, 0.05) is 43.0 Å². The van der Waals surface area contributed by atoms with Crippen LogP contribution in [-0.4, -0.2) is 83.4 Å². The zero-order chi connectivity index (χ0) is 23.3. The Labute approximate surface area is 204 Å². The highest BCUT2D eigenvalue weighted by Gasteiger charge is 2.47. The van der Waals surface area contributed by atoms with Crippen molar-refractivity contribution in [1.29, 1.82) is 0 Å². The second kappa shape index (κ2) is 8.70. The van der Waals surface area contributed by atoms with Crippen molar-refractivity contribution in [2.45, 2.75) is 31.7 Å². The fourth-order valence-corrected chi connectivity index (χ4v) is 5.70. The first kappa shape index (κ1) is 22.9. The van der Waals surface area contributed by atoms with Gasteiger partial charge in [-0.1, -0.05) is 11.6 Å². The van der Waals surface area contributed by atoms with Crippen LogP contribution >= 0.6 is 27.5 Å². The molecular weight excluding hydrogens is 517 g/mol. The third-order valence-electron chi connectivity index (χ3n) is 7.31. The van der Waals surface area contributed by atoms with Gasteiger partial charge in [0.2, 0.25) is 0 Å². The van der Waals surface area contributed by atoms with Crippen molar-refractivity contribution in [3.05, 3.63) is 21.4 Å². The van der Waals surface area contributed by atoms with Gasteiger partial charge in [-0.05, 0) is 61.3 Å². The highest BCUT2D eigenvalue weighted by atomic mass is 79.9. The normalized spacial score (nSPS) is 22.7. The minimum atomic E-state index is -0.866. The van der Waals surface area contributed by atoms with E-state index in [9.17, 15) is 9.90 Å². The van der Waals surface area contributed by atoms with Gasteiger partial charge < -0.3 is 24.5 Å². The van der Waals surface area contributed by atoms with Gasteiger partial charge in [-0.2, -0.15) is 9.97 Å². The number of piperidine rings is 1. The second-order valence-electron chi connectivity index (χ2n) is 9.43. The summed E-state index contributed by atoms with van der Waals surface area (Å²) in [7, 11) is 2.07. The van der Waals surface area contributed by atoms with Crippen molar-refractivity contribution in [1.82, 2.24) is 19.8 Å². The summed E-state index contributed by atoms with van der Waals surface area (Å²) in [5, 5.41) is 9.98. The summed E-state index contributed by atoms with van der Waals surface area (Å²) in [6, 6.07) is 2.14. The maximum atomic E-state index is 15.1. The Bertz CT molecular complexity index is 1090. The lowest BCUT2D eigenvalue weighted by atomic mass is 9.72. The number of likely N-dealkylation sites (N-methyl/N-ethyl adjacent to an activating group) is 1. The number of nitrogens with zero attached hydrogens (tertiary/aromatic N) is 5. The number of carboxylic acid groups (broad SMARTS) is 1. The van der Waals surface area contributed by atoms with Crippen LogP contribution < -0.4 is 9.64 Å². The molecule has 1 aromatic heterocycles. The molecule has 3 aliphatic rings. The standard InChI is InChI=1S/C22H26BrClFN5O3/c1-28-6-2-3-13(28)10-33-20-26-18-14(9-15(24)16(23)17(18)25)19(27-20)29-7-4-22(5-8-29)11-30(12-22)21(31)32/h9,13H,2-8,10-12H2,1H3,(H,31,32)/t13-/m0/s1. The summed E-state index contributed by atoms with van der Waals surface area (Å²) in [6.07, 6.45) is 3.00. The van der Waals surface area contributed by atoms with Crippen LogP contribution in [0.3, 0.4) is 0 Å². The van der Waals surface area contributed by atoms with Gasteiger partial charge >= 0.3 is 12.1 Å². The molecule has 1 aromatic carbocycles. The lowest BCUT2D eigenvalue weighted by Crippen LogP contribution is -2.61. The molecule has 5 rings (SSSR count). The topological polar surface area (TPSA) is 82.0 Å². The van der Waals surface area contributed by atoms with Crippen LogP contribution in [0, 0.1) is 11.2 Å². The van der Waals surface area contributed by atoms with E-state index in [0.29, 0.717) is 50.0 Å². The molecule has 1 spiro atoms. The molecule has 33 heavy (non-hydrogen) atoms. The number of carbonyl (C=O) groups is 1. The summed E-state index contributed by atoms with van der Waals surface area (Å²) in [6.45, 7) is 4.01. The molecule has 1 atom stereocenters. The van der Waals surface area contributed by atoms with E-state index in [1.807, 2.05) is 0 Å². The zero-order valence-electron chi connectivity index (χ0n) is 18.4. The number of fused-ring (bicyclic) bond motifs is 1. The minimum Gasteiger partial charge on any atom is -0.465 e. The van der Waals surface area contributed by atoms with E-state index >= 15 is 4.39 Å². The number of halogens is 3. The Hall–Kier alpha value is -1.91. The summed E-state index contributed by atoms with van der Waals surface area (Å²) < 4.78 is 21.3. The molecule has 8 nitrogen and oxygen atoms in total. The van der Waals surface area contributed by atoms with Crippen molar-refractivity contribution in [3.63, 3.8) is 0 Å². The van der Waals surface area contributed by atoms with Gasteiger partial charge in [0.25, 0.3) is 0 Å². The Morgan fingerprint density at radius 2 is 2.06 bits per heavy atom. The van der Waals surface area contributed by atoms with E-state index in [1.54, 1.807) is 6.07 Å². The Balaban J connectivity index is 1.42. The summed E-state index contributed by atoms with van der Waals surface area (Å²) in [5.41, 5.74) is 0.197. The van der Waals surface area contributed by atoms with Gasteiger partial charge in [0.15, 0.2) is 5.82 Å². The van der Waals surface area contributed by atoms with Crippen molar-refractivity contribution in [3.8, 4) is 6.01 Å². The van der Waals surface area contributed by atoms with E-state index in [-0.39, 0.29) is 26.4 Å². The number of amides is 1. The van der Waals surface area contributed by atoms with Gasteiger partial charge in [0.1, 0.15) is 17.9 Å². The average molecular weight is 543 g/mol. The molecule has 0 bridgehead atoms. The van der Waals surface area contributed by atoms with Gasteiger partial charge in [0.05, 0.1) is 9.50 Å². The molecule has 0 aliphatic carbocycles. The quantitative estimate of drug-likeness (QED) is 0.579. The predicted octanol–water partition coefficient (Wildman–Crippen LogP) is 4.24. The van der Waals surface area contributed by atoms with Gasteiger partial charge in [-0.15, -0.1) is 0 Å². The molecule has 0 unspecified atom stereocenters. The fraction of sp³-hybridized carbons (Fsp3) is 0.591. The predicted molar refractivity (Wildman–Crippen MR) is 127 cm³/mol. The smallest absolute Gasteiger partial charge is 0.407 e. The molecule has 2 aromatic rings. The van der Waals surface area contributed by atoms with Crippen LogP contribution in [0.4, 0.5) is 15.0 Å². The van der Waals surface area contributed by atoms with Crippen molar-refractivity contribution >= 4 is 50.3 Å². The average Bonchev–Trinajstić information content (AvgIpc) is 3.19. The summed E-state index contributed by atoms with van der Waals surface area (Å²) in [4.78, 5) is 26.1. The minimum absolute atomic E-state index is 0.0238. The number of benzene rings is 1. The number of hydrogen-bond donors (Lipinski definition) is 1. The first-order chi connectivity index (χ1) is 15.8. The van der Waals surface area contributed by atoms with E-state index in [2.05, 4.69) is 42.7 Å². The second-order valence-corrected chi connectivity index (χ2v) is 10.6. The van der Waals surface area contributed by atoms with Crippen LogP contribution in [0.1, 0.15) is 25.7 Å². The number of likely N-dealkylation sites (tertiary alicyclic amines) is 2. The Morgan fingerprint density at radius 1 is 1.33 bits per heavy atom. The third kappa shape index (κ3) is 4.21. The fourth-order valence-electron chi connectivity index (χ4n) is 5.21. The lowest BCUT2D eigenvalue weighted by Gasteiger charge is -2.53. The van der Waals surface area contributed by atoms with E-state index in [0.717, 1.165) is 32.2 Å². The van der Waals surface area contributed by atoms with E-state index < -0.39 is 11.9 Å². The highest BCUT2D eigenvalue weighted by Crippen LogP contribution is 2.43. The number of rotatable bonds is 4. The Morgan fingerprint density at radius 3 is 2.70 bits per heavy atom. The molecule has 0 radical (unpaired) electrons. The molecular formula is C22H26BrClFN5O3. The molecule has 0 saturated carbocycles. The molecule has 3 aliphatic heterocycles. The van der Waals surface area contributed by atoms with E-state index in [1.165, 1.54) is 4.90 Å². The van der Waals surface area contributed by atoms with Crippen molar-refractivity contribution in [2.75, 3.05) is 51.3 Å². The van der Waals surface area contributed by atoms with Crippen molar-refractivity contribution < 1.29 is 19.0 Å². The molecule has 1 N–H and O–H groups in total. The summed E-state index contributed by atoms with van der Waals surface area (Å²) in [5.74, 6) is 0.0703. The van der Waals surface area contributed by atoms with E-state index in [4.69, 9.17) is 16.3 Å². The van der Waals surface area contributed by atoms with Gasteiger partial charge in [-0.3, -0.25) is 0 Å². The maximum Gasteiger partial charge on any atom is 0.407 e.